The standard InChI is InChI=1S/C9H15O/c1-10-9-7-5-3-2-4-6-8-9/h2-3,8-9H,4-7H2,1H3/q-1/b3-2-. The van der Waals surface area contributed by atoms with Gasteiger partial charge in [-0.05, 0) is 6.42 Å². The van der Waals surface area contributed by atoms with Gasteiger partial charge in [-0.15, -0.1) is 0 Å². The zero-order chi connectivity index (χ0) is 7.23. The van der Waals surface area contributed by atoms with E-state index in [1.807, 2.05) is 0 Å². The summed E-state index contributed by atoms with van der Waals surface area (Å²) in [5.41, 5.74) is 0. The van der Waals surface area contributed by atoms with Crippen LogP contribution in [0.5, 0.6) is 0 Å². The Kier molecular flexibility index (Phi) is 3.52. The van der Waals surface area contributed by atoms with Crippen LogP contribution in [0.15, 0.2) is 12.2 Å². The van der Waals surface area contributed by atoms with E-state index in [1.54, 1.807) is 7.11 Å². The minimum atomic E-state index is 0.393. The van der Waals surface area contributed by atoms with Crippen molar-refractivity contribution < 1.29 is 4.74 Å². The van der Waals surface area contributed by atoms with E-state index < -0.39 is 0 Å². The van der Waals surface area contributed by atoms with Gasteiger partial charge < -0.3 is 4.74 Å². The van der Waals surface area contributed by atoms with Gasteiger partial charge in [0.2, 0.25) is 0 Å². The molecule has 0 fully saturated rings. The molecular weight excluding hydrogens is 124 g/mol. The molecule has 0 saturated heterocycles. The Balaban J connectivity index is 2.27. The van der Waals surface area contributed by atoms with Gasteiger partial charge in [-0.25, -0.2) is 0 Å². The molecule has 0 radical (unpaired) electrons. The molecular formula is C9H15O-. The summed E-state index contributed by atoms with van der Waals surface area (Å²) in [6.07, 6.45) is 11.8. The van der Waals surface area contributed by atoms with Crippen molar-refractivity contribution in [2.45, 2.75) is 31.8 Å². The zero-order valence-electron chi connectivity index (χ0n) is 6.55. The Labute approximate surface area is 63.1 Å². The van der Waals surface area contributed by atoms with E-state index in [9.17, 15) is 0 Å². The summed E-state index contributed by atoms with van der Waals surface area (Å²) in [5.74, 6) is 0. The summed E-state index contributed by atoms with van der Waals surface area (Å²) in [7, 11) is 1.78. The van der Waals surface area contributed by atoms with Gasteiger partial charge in [-0.3, -0.25) is 6.42 Å². The van der Waals surface area contributed by atoms with E-state index in [0.717, 1.165) is 19.3 Å². The number of hydrogen-bond acceptors (Lipinski definition) is 1. The zero-order valence-corrected chi connectivity index (χ0v) is 6.55. The molecule has 1 atom stereocenters. The quantitative estimate of drug-likeness (QED) is 0.400. The molecule has 1 rings (SSSR count). The summed E-state index contributed by atoms with van der Waals surface area (Å²) in [6.45, 7) is 0. The van der Waals surface area contributed by atoms with Crippen LogP contribution < -0.4 is 0 Å². The van der Waals surface area contributed by atoms with Gasteiger partial charge >= 0.3 is 0 Å². The number of hydrogen-bond donors (Lipinski definition) is 0. The lowest BCUT2D eigenvalue weighted by molar-refractivity contribution is 0.118. The second kappa shape index (κ2) is 4.51. The van der Waals surface area contributed by atoms with Crippen LogP contribution in [0.2, 0.25) is 0 Å². The highest BCUT2D eigenvalue weighted by Crippen LogP contribution is 2.13. The Bertz CT molecular complexity index is 107. The fraction of sp³-hybridized carbons (Fsp3) is 0.667. The third-order valence-electron chi connectivity index (χ3n) is 1.85. The van der Waals surface area contributed by atoms with Crippen molar-refractivity contribution in [1.29, 1.82) is 0 Å². The van der Waals surface area contributed by atoms with Crippen molar-refractivity contribution in [2.24, 2.45) is 0 Å². The highest BCUT2D eigenvalue weighted by Gasteiger charge is 1.96. The SMILES string of the molecule is COC1[CH-]CC/C=C\CC1. The van der Waals surface area contributed by atoms with Gasteiger partial charge in [0.1, 0.15) is 0 Å². The smallest absolute Gasteiger partial charge is 0.0323 e. The van der Waals surface area contributed by atoms with Gasteiger partial charge in [-0.1, -0.05) is 31.1 Å². The molecule has 1 heteroatoms. The first kappa shape index (κ1) is 7.80. The average molecular weight is 139 g/mol. The molecule has 1 aliphatic rings. The Morgan fingerprint density at radius 1 is 1.40 bits per heavy atom. The number of rotatable bonds is 1. The third-order valence-corrected chi connectivity index (χ3v) is 1.85. The molecule has 0 N–H and O–H groups in total. The Hall–Kier alpha value is -0.300. The van der Waals surface area contributed by atoms with Crippen LogP contribution in [0.25, 0.3) is 0 Å². The first-order valence-electron chi connectivity index (χ1n) is 3.94. The minimum Gasteiger partial charge on any atom is -0.413 e. The minimum absolute atomic E-state index is 0.393. The van der Waals surface area contributed by atoms with Gasteiger partial charge in [0.05, 0.1) is 0 Å². The fourth-order valence-electron chi connectivity index (χ4n) is 1.21. The van der Waals surface area contributed by atoms with Crippen molar-refractivity contribution in [3.8, 4) is 0 Å². The molecule has 0 amide bonds. The van der Waals surface area contributed by atoms with Gasteiger partial charge in [0, 0.05) is 7.11 Å². The molecule has 58 valence electrons. The van der Waals surface area contributed by atoms with Crippen LogP contribution in [0, 0.1) is 6.42 Å². The monoisotopic (exact) mass is 139 g/mol. The number of allylic oxidation sites excluding steroid dienone is 2. The lowest BCUT2D eigenvalue weighted by atomic mass is 10.0. The van der Waals surface area contributed by atoms with Crippen molar-refractivity contribution in [3.63, 3.8) is 0 Å². The summed E-state index contributed by atoms with van der Waals surface area (Å²) in [5, 5.41) is 0. The first-order chi connectivity index (χ1) is 4.93. The average Bonchev–Trinajstić information content (AvgIpc) is 1.87. The molecule has 0 aromatic carbocycles. The van der Waals surface area contributed by atoms with E-state index in [2.05, 4.69) is 18.6 Å². The van der Waals surface area contributed by atoms with E-state index in [0.29, 0.717) is 6.10 Å². The molecule has 0 heterocycles. The van der Waals surface area contributed by atoms with Crippen molar-refractivity contribution in [1.82, 2.24) is 0 Å². The molecule has 0 bridgehead atoms. The van der Waals surface area contributed by atoms with Gasteiger partial charge in [0.25, 0.3) is 0 Å². The lowest BCUT2D eigenvalue weighted by Crippen LogP contribution is -2.11. The molecule has 10 heavy (non-hydrogen) atoms. The molecule has 1 unspecified atom stereocenters. The van der Waals surface area contributed by atoms with Crippen LogP contribution >= 0.6 is 0 Å². The van der Waals surface area contributed by atoms with E-state index >= 15 is 0 Å². The maximum Gasteiger partial charge on any atom is 0.0323 e. The number of methoxy groups -OCH3 is 1. The van der Waals surface area contributed by atoms with Crippen LogP contribution in [-0.4, -0.2) is 13.2 Å². The third kappa shape index (κ3) is 2.53. The Morgan fingerprint density at radius 3 is 3.00 bits per heavy atom. The topological polar surface area (TPSA) is 9.23 Å². The number of ether oxygens (including phenoxy) is 1. The summed E-state index contributed by atoms with van der Waals surface area (Å²) in [4.78, 5) is 0. The van der Waals surface area contributed by atoms with E-state index in [1.165, 1.54) is 6.42 Å². The predicted octanol–water partition coefficient (Wildman–Crippen LogP) is 2.34. The lowest BCUT2D eigenvalue weighted by Gasteiger charge is -2.24. The maximum absolute atomic E-state index is 5.24. The largest absolute Gasteiger partial charge is 0.413 e. The molecule has 0 aromatic rings. The second-order valence-corrected chi connectivity index (χ2v) is 2.64. The Morgan fingerprint density at radius 2 is 2.20 bits per heavy atom. The van der Waals surface area contributed by atoms with Crippen LogP contribution in [-0.2, 0) is 4.74 Å². The highest BCUT2D eigenvalue weighted by atomic mass is 16.5. The molecule has 0 aliphatic heterocycles. The van der Waals surface area contributed by atoms with Gasteiger partial charge in [-0.2, -0.15) is 6.42 Å². The molecule has 1 aliphatic carbocycles. The van der Waals surface area contributed by atoms with Crippen LogP contribution in [0.3, 0.4) is 0 Å². The fourth-order valence-corrected chi connectivity index (χ4v) is 1.21. The summed E-state index contributed by atoms with van der Waals surface area (Å²) in [6, 6.07) is 0. The summed E-state index contributed by atoms with van der Waals surface area (Å²) < 4.78 is 5.24. The highest BCUT2D eigenvalue weighted by molar-refractivity contribution is 4.91. The van der Waals surface area contributed by atoms with Gasteiger partial charge in [0.15, 0.2) is 0 Å². The summed E-state index contributed by atoms with van der Waals surface area (Å²) >= 11 is 0. The predicted molar refractivity (Wildman–Crippen MR) is 42.7 cm³/mol. The van der Waals surface area contributed by atoms with E-state index in [-0.39, 0.29) is 0 Å². The second-order valence-electron chi connectivity index (χ2n) is 2.64. The van der Waals surface area contributed by atoms with Crippen molar-refractivity contribution in [2.75, 3.05) is 7.11 Å². The van der Waals surface area contributed by atoms with Crippen LogP contribution in [0.1, 0.15) is 25.7 Å². The normalized spacial score (nSPS) is 30.7. The van der Waals surface area contributed by atoms with Crippen LogP contribution in [0.4, 0.5) is 0 Å². The molecule has 0 saturated carbocycles. The molecule has 0 spiro atoms. The maximum atomic E-state index is 5.24. The molecule has 0 aromatic heterocycles. The first-order valence-corrected chi connectivity index (χ1v) is 3.94. The molecule has 1 nitrogen and oxygen atoms in total. The van der Waals surface area contributed by atoms with Crippen molar-refractivity contribution >= 4 is 0 Å². The van der Waals surface area contributed by atoms with Crippen molar-refractivity contribution in [3.05, 3.63) is 18.6 Å². The van der Waals surface area contributed by atoms with E-state index in [4.69, 9.17) is 4.74 Å².